The van der Waals surface area contributed by atoms with Crippen molar-refractivity contribution in [3.05, 3.63) is 175 Å². The third kappa shape index (κ3) is 4.89. The number of anilines is 9. The lowest BCUT2D eigenvalue weighted by atomic mass is 9.31. The van der Waals surface area contributed by atoms with Gasteiger partial charge in [0.1, 0.15) is 11.6 Å². The van der Waals surface area contributed by atoms with Crippen LogP contribution in [0.5, 0.6) is 11.6 Å². The average molecular weight is 800 g/mol. The first-order valence-corrected chi connectivity index (χ1v) is 21.9. The van der Waals surface area contributed by atoms with Crippen LogP contribution < -0.4 is 52.2 Å². The molecule has 4 aliphatic heterocycles. The van der Waals surface area contributed by atoms with E-state index in [1.54, 1.807) is 0 Å². The fourth-order valence-electron chi connectivity index (χ4n) is 11.4. The third-order valence-electron chi connectivity index (χ3n) is 14.5. The SMILES string of the molecule is CC1(C)CCC(C)(C)c2cc(N3c4cc5c(cc4B4c6ccccc6N(c6ccccc6)c6ccnc3c64)B3c4ccccc4N(c4ccccc4)c4ccnc(c43)O5)ccc21. The Bertz CT molecular complexity index is 3170. The summed E-state index contributed by atoms with van der Waals surface area (Å²) in [5.41, 5.74) is 19.2. The van der Waals surface area contributed by atoms with Crippen molar-refractivity contribution in [1.82, 2.24) is 9.97 Å². The van der Waals surface area contributed by atoms with Crippen molar-refractivity contribution >= 4 is 97.5 Å². The first-order valence-electron chi connectivity index (χ1n) is 21.9. The van der Waals surface area contributed by atoms with Crippen molar-refractivity contribution in [2.75, 3.05) is 14.7 Å². The quantitative estimate of drug-likeness (QED) is 0.166. The predicted octanol–water partition coefficient (Wildman–Crippen LogP) is 9.31. The molecule has 62 heavy (non-hydrogen) atoms. The molecule has 6 nitrogen and oxygen atoms in total. The number of pyridine rings is 2. The molecule has 0 saturated heterocycles. The van der Waals surface area contributed by atoms with E-state index in [-0.39, 0.29) is 24.3 Å². The molecule has 6 aromatic carbocycles. The first kappa shape index (κ1) is 35.7. The molecule has 0 spiro atoms. The maximum atomic E-state index is 7.07. The van der Waals surface area contributed by atoms with Gasteiger partial charge in [-0.3, -0.25) is 4.90 Å². The Morgan fingerprint density at radius 3 is 1.68 bits per heavy atom. The lowest BCUT2D eigenvalue weighted by molar-refractivity contribution is 0.332. The van der Waals surface area contributed by atoms with Crippen LogP contribution in [0.4, 0.5) is 51.3 Å². The zero-order valence-corrected chi connectivity index (χ0v) is 35.3. The molecule has 0 radical (unpaired) electrons. The monoisotopic (exact) mass is 799 g/mol. The number of ether oxygens (including phenoxy) is 1. The van der Waals surface area contributed by atoms with E-state index in [0.717, 1.165) is 69.5 Å². The van der Waals surface area contributed by atoms with Gasteiger partial charge in [-0.15, -0.1) is 0 Å². The maximum absolute atomic E-state index is 7.07. The molecule has 0 unspecified atom stereocenters. The highest BCUT2D eigenvalue weighted by atomic mass is 16.5. The summed E-state index contributed by atoms with van der Waals surface area (Å²) in [4.78, 5) is 17.5. The smallest absolute Gasteiger partial charge is 0.258 e. The van der Waals surface area contributed by atoms with Gasteiger partial charge in [0.05, 0.1) is 0 Å². The minimum Gasteiger partial charge on any atom is -0.440 e. The van der Waals surface area contributed by atoms with Crippen molar-refractivity contribution in [1.29, 1.82) is 0 Å². The molecule has 5 aliphatic rings. The molecular weight excluding hydrogens is 756 g/mol. The molecule has 0 bridgehead atoms. The summed E-state index contributed by atoms with van der Waals surface area (Å²) in [5.74, 6) is 2.42. The molecule has 13 rings (SSSR count). The predicted molar refractivity (Wildman–Crippen MR) is 257 cm³/mol. The van der Waals surface area contributed by atoms with Crippen molar-refractivity contribution < 1.29 is 4.74 Å². The summed E-state index contributed by atoms with van der Waals surface area (Å²) >= 11 is 0. The van der Waals surface area contributed by atoms with E-state index in [1.165, 1.54) is 44.4 Å². The second-order valence-corrected chi connectivity index (χ2v) is 18.8. The van der Waals surface area contributed by atoms with Crippen LogP contribution in [0.1, 0.15) is 51.7 Å². The van der Waals surface area contributed by atoms with Crippen LogP contribution >= 0.6 is 0 Å². The van der Waals surface area contributed by atoms with Crippen molar-refractivity contribution in [2.45, 2.75) is 51.4 Å². The Morgan fingerprint density at radius 2 is 1.02 bits per heavy atom. The molecule has 8 aromatic rings. The number of hydrogen-bond acceptors (Lipinski definition) is 6. The molecule has 6 heterocycles. The van der Waals surface area contributed by atoms with Gasteiger partial charge in [-0.25, -0.2) is 9.97 Å². The number of hydrogen-bond donors (Lipinski definition) is 0. The Labute approximate surface area is 363 Å². The minimum absolute atomic E-state index is 0.0304. The van der Waals surface area contributed by atoms with Crippen LogP contribution in [0, 0.1) is 0 Å². The molecule has 0 amide bonds. The van der Waals surface area contributed by atoms with Gasteiger partial charge < -0.3 is 14.5 Å². The van der Waals surface area contributed by atoms with Crippen molar-refractivity contribution in [2.24, 2.45) is 0 Å². The number of para-hydroxylation sites is 4. The van der Waals surface area contributed by atoms with Crippen LogP contribution in [0.15, 0.2) is 164 Å². The van der Waals surface area contributed by atoms with Gasteiger partial charge in [0.25, 0.3) is 13.4 Å². The Hall–Kier alpha value is -7.05. The van der Waals surface area contributed by atoms with E-state index in [4.69, 9.17) is 14.7 Å². The molecule has 0 fully saturated rings. The Balaban J connectivity index is 1.09. The van der Waals surface area contributed by atoms with Gasteiger partial charge in [-0.05, 0) is 123 Å². The second kappa shape index (κ2) is 12.7. The molecular formula is C54H43B2N5O. The van der Waals surface area contributed by atoms with Crippen LogP contribution in [-0.2, 0) is 10.8 Å². The zero-order chi connectivity index (χ0) is 41.5. The summed E-state index contributed by atoms with van der Waals surface area (Å²) in [6, 6.07) is 55.5. The van der Waals surface area contributed by atoms with Crippen LogP contribution in [0.2, 0.25) is 0 Å². The molecule has 2 aromatic heterocycles. The number of nitrogens with zero attached hydrogens (tertiary/aromatic N) is 5. The van der Waals surface area contributed by atoms with Crippen LogP contribution in [0.25, 0.3) is 0 Å². The molecule has 0 atom stereocenters. The summed E-state index contributed by atoms with van der Waals surface area (Å²) in [5, 5.41) is 0. The molecule has 0 N–H and O–H groups in total. The van der Waals surface area contributed by atoms with E-state index in [2.05, 4.69) is 194 Å². The Kier molecular flexibility index (Phi) is 7.33. The Morgan fingerprint density at radius 1 is 0.452 bits per heavy atom. The van der Waals surface area contributed by atoms with Gasteiger partial charge in [-0.1, -0.05) is 113 Å². The average Bonchev–Trinajstić information content (AvgIpc) is 3.30. The van der Waals surface area contributed by atoms with Gasteiger partial charge in [0, 0.05) is 69.4 Å². The van der Waals surface area contributed by atoms with Gasteiger partial charge >= 0.3 is 0 Å². The third-order valence-corrected chi connectivity index (χ3v) is 14.5. The van der Waals surface area contributed by atoms with Crippen molar-refractivity contribution in [3.63, 3.8) is 0 Å². The highest BCUT2D eigenvalue weighted by Crippen LogP contribution is 2.50. The first-order chi connectivity index (χ1) is 30.3. The highest BCUT2D eigenvalue weighted by molar-refractivity contribution is 7.02. The number of benzene rings is 6. The molecule has 1 aliphatic carbocycles. The maximum Gasteiger partial charge on any atom is 0.258 e. The second-order valence-electron chi connectivity index (χ2n) is 18.8. The van der Waals surface area contributed by atoms with E-state index in [0.29, 0.717) is 5.88 Å². The molecule has 0 saturated carbocycles. The summed E-state index contributed by atoms with van der Waals surface area (Å²) in [7, 11) is 0. The van der Waals surface area contributed by atoms with Gasteiger partial charge in [-0.2, -0.15) is 0 Å². The lowest BCUT2D eigenvalue weighted by Gasteiger charge is -2.45. The fraction of sp³-hybridized carbons (Fsp3) is 0.148. The summed E-state index contributed by atoms with van der Waals surface area (Å²) in [6.07, 6.45) is 6.18. The summed E-state index contributed by atoms with van der Waals surface area (Å²) in [6.45, 7) is 9.45. The van der Waals surface area contributed by atoms with Gasteiger partial charge in [0.15, 0.2) is 0 Å². The van der Waals surface area contributed by atoms with Gasteiger partial charge in [0.2, 0.25) is 5.88 Å². The molecule has 296 valence electrons. The minimum atomic E-state index is -0.0893. The standard InChI is InChI=1S/C54H43B2N5O/c1-53(2)27-28-54(3,4)38-31-36(23-24-37(38)53)61-47-33-48-42(56-40-20-12-14-22-44(40)60(35-17-9-6-10-18-35)46-26-30-58-52(62-48)50(46)56)32-41(47)55-39-19-11-13-21-43(39)59(34-15-7-5-8-16-34)45-25-29-57-51(61)49(45)55/h5-26,29-33H,27-28H2,1-4H3. The lowest BCUT2D eigenvalue weighted by Crippen LogP contribution is -2.64. The zero-order valence-electron chi connectivity index (χ0n) is 35.3. The normalized spacial score (nSPS) is 16.5. The largest absolute Gasteiger partial charge is 0.440 e. The van der Waals surface area contributed by atoms with E-state index in [9.17, 15) is 0 Å². The fourth-order valence-corrected chi connectivity index (χ4v) is 11.4. The van der Waals surface area contributed by atoms with E-state index < -0.39 is 0 Å². The van der Waals surface area contributed by atoms with E-state index >= 15 is 0 Å². The van der Waals surface area contributed by atoms with Crippen LogP contribution in [0.3, 0.4) is 0 Å². The number of fused-ring (bicyclic) bond motifs is 9. The summed E-state index contributed by atoms with van der Waals surface area (Å²) < 4.78 is 7.07. The van der Waals surface area contributed by atoms with E-state index in [1.807, 2.05) is 12.4 Å². The highest BCUT2D eigenvalue weighted by Gasteiger charge is 2.48. The van der Waals surface area contributed by atoms with Crippen LogP contribution in [-0.4, -0.2) is 23.4 Å². The topological polar surface area (TPSA) is 44.7 Å². The molecule has 8 heteroatoms. The number of rotatable bonds is 3. The van der Waals surface area contributed by atoms with Crippen molar-refractivity contribution in [3.8, 4) is 11.6 Å². The number of aromatic nitrogens is 2.